The monoisotopic (exact) mass is 164 g/mol. The van der Waals surface area contributed by atoms with Gasteiger partial charge in [-0.25, -0.2) is 4.39 Å². The number of nitrogens with one attached hydrogen (secondary N) is 2. The Labute approximate surface area is 68.3 Å². The van der Waals surface area contributed by atoms with Crippen molar-refractivity contribution >= 4 is 5.91 Å². The van der Waals surface area contributed by atoms with E-state index >= 15 is 0 Å². The molecule has 11 heavy (non-hydrogen) atoms. The fraction of sp³-hybridized carbons (Fsp3) is 0.857. The van der Waals surface area contributed by atoms with Gasteiger partial charge in [-0.05, 0) is 13.8 Å². The number of hydrogen-bond donors (Lipinski definition) is 2. The van der Waals surface area contributed by atoms with Gasteiger partial charge in [-0.3, -0.25) is 4.79 Å². The third-order valence-electron chi connectivity index (χ3n) is 1.64. The van der Waals surface area contributed by atoms with Gasteiger partial charge in [0.2, 0.25) is 5.67 Å². The van der Waals surface area contributed by atoms with Crippen LogP contribution in [0.3, 0.4) is 0 Å². The van der Waals surface area contributed by atoms with Gasteiger partial charge in [-0.15, -0.1) is 0 Å². The zero-order chi connectivity index (χ0) is 8.48. The average molecular weight is 164 g/mol. The molecule has 1 saturated heterocycles. The lowest BCUT2D eigenvalue weighted by molar-refractivity contribution is -0.136. The molecule has 0 radical (unpaired) electrons. The average Bonchev–Trinajstić information content (AvgIpc) is 1.81. The van der Waals surface area contributed by atoms with E-state index in [-0.39, 0.29) is 22.0 Å². The highest BCUT2D eigenvalue weighted by atomic mass is 19.1. The van der Waals surface area contributed by atoms with Gasteiger partial charge in [-0.1, -0.05) is 0 Å². The van der Waals surface area contributed by atoms with Gasteiger partial charge >= 0.3 is 0 Å². The van der Waals surface area contributed by atoms with Gasteiger partial charge < -0.3 is 10.6 Å². The molecule has 1 amide bonds. The summed E-state index contributed by atoms with van der Waals surface area (Å²) in [7, 11) is 0. The van der Waals surface area contributed by atoms with E-state index in [2.05, 4.69) is 10.6 Å². The highest BCUT2D eigenvalue weighted by Gasteiger charge is 2.44. The van der Waals surface area contributed by atoms with Gasteiger partial charge in [0.15, 0.2) is 0 Å². The lowest BCUT2D eigenvalue weighted by Crippen LogP contribution is -2.65. The van der Waals surface area contributed by atoms with Gasteiger partial charge in [-0.2, -0.15) is 0 Å². The molecule has 0 atom stereocenters. The summed E-state index contributed by atoms with van der Waals surface area (Å²) in [5, 5.41) is 5.25. The van der Waals surface area contributed by atoms with E-state index in [4.69, 9.17) is 0 Å². The van der Waals surface area contributed by atoms with E-state index in [1.807, 2.05) is 13.8 Å². The molecule has 0 aliphatic carbocycles. The van der Waals surface area contributed by atoms with Crippen LogP contribution in [0.5, 0.6) is 0 Å². The maximum Gasteiger partial charge on any atom is 0.260 e. The Morgan fingerprint density at radius 1 is 1.73 bits per heavy atom. The summed E-state index contributed by atoms with van der Waals surface area (Å²) >= 11 is 0. The van der Waals surface area contributed by atoms with Crippen LogP contribution >= 0.6 is 0 Å². The molecule has 68 valence electrons. The Morgan fingerprint density at radius 3 is 2.55 bits per heavy atom. The summed E-state index contributed by atoms with van der Waals surface area (Å²) < 4.78 is 13.2. The molecule has 1 rings (SSSR count). The summed E-state index contributed by atoms with van der Waals surface area (Å²) in [6.07, 6.45) is 0. The second kappa shape index (κ2) is 2.77. The van der Waals surface area contributed by atoms with Crippen LogP contribution in [-0.2, 0) is 4.79 Å². The number of alkyl halides is 1. The van der Waals surface area contributed by atoms with Crippen LogP contribution in [0.1, 0.15) is 16.7 Å². The summed E-state index contributed by atoms with van der Waals surface area (Å²) in [6, 6.07) is 0.00993. The minimum absolute atomic E-state index is 0. The lowest BCUT2D eigenvalue weighted by Gasteiger charge is -2.33. The van der Waals surface area contributed by atoms with Crippen LogP contribution in [0.2, 0.25) is 0 Å². The molecule has 1 fully saturated rings. The zero-order valence-corrected chi connectivity index (χ0v) is 6.78. The molecule has 1 aliphatic heterocycles. The van der Waals surface area contributed by atoms with Crippen LogP contribution < -0.4 is 10.6 Å². The van der Waals surface area contributed by atoms with Crippen molar-refractivity contribution in [3.63, 3.8) is 0 Å². The molecule has 4 heteroatoms. The molecule has 0 aromatic carbocycles. The van der Waals surface area contributed by atoms with Crippen molar-refractivity contribution in [3.8, 4) is 0 Å². The second-order valence-electron chi connectivity index (χ2n) is 3.20. The third-order valence-corrected chi connectivity index (χ3v) is 1.64. The van der Waals surface area contributed by atoms with Crippen molar-refractivity contribution < 1.29 is 12.0 Å². The van der Waals surface area contributed by atoms with Gasteiger partial charge in [0.25, 0.3) is 5.91 Å². The number of carbonyl (C=O) groups excluding carboxylic acids is 1. The molecule has 3 nitrogen and oxygen atoms in total. The molecule has 0 aromatic heterocycles. The van der Waals surface area contributed by atoms with Gasteiger partial charge in [0.1, 0.15) is 0 Å². The molecule has 0 aromatic rings. The smallest absolute Gasteiger partial charge is 0.260 e. The molecule has 0 bridgehead atoms. The van der Waals surface area contributed by atoms with Crippen molar-refractivity contribution in [2.24, 2.45) is 0 Å². The van der Waals surface area contributed by atoms with Crippen molar-refractivity contribution in [2.45, 2.75) is 25.6 Å². The van der Waals surface area contributed by atoms with Crippen LogP contribution in [-0.4, -0.2) is 30.7 Å². The number of hydrogen-bond acceptors (Lipinski definition) is 2. The minimum Gasteiger partial charge on any atom is -0.351 e. The SMILES string of the molecule is CC(C)NC(=O)C1(F)CNC1.[HH].[HH]. The zero-order valence-electron chi connectivity index (χ0n) is 6.78. The normalized spacial score (nSPS) is 21.1. The highest BCUT2D eigenvalue weighted by Crippen LogP contribution is 2.16. The van der Waals surface area contributed by atoms with E-state index in [0.29, 0.717) is 0 Å². The van der Waals surface area contributed by atoms with E-state index in [1.165, 1.54) is 0 Å². The van der Waals surface area contributed by atoms with E-state index in [1.54, 1.807) is 0 Å². The Morgan fingerprint density at radius 2 is 2.27 bits per heavy atom. The molecule has 1 aliphatic rings. The molecular formula is C7H17FN2O. The maximum atomic E-state index is 13.2. The first-order chi connectivity index (χ1) is 5.04. The van der Waals surface area contributed by atoms with E-state index in [9.17, 15) is 9.18 Å². The Balaban J connectivity index is 0. The van der Waals surface area contributed by atoms with Crippen molar-refractivity contribution in [1.82, 2.24) is 10.6 Å². The van der Waals surface area contributed by atoms with Crippen molar-refractivity contribution in [1.29, 1.82) is 0 Å². The number of carbonyl (C=O) groups is 1. The summed E-state index contributed by atoms with van der Waals surface area (Å²) in [6.45, 7) is 3.91. The molecule has 1 heterocycles. The number of amides is 1. The number of halogens is 1. The van der Waals surface area contributed by atoms with Crippen LogP contribution in [0.25, 0.3) is 0 Å². The van der Waals surface area contributed by atoms with E-state index < -0.39 is 11.6 Å². The summed E-state index contributed by atoms with van der Waals surface area (Å²) in [5.74, 6) is -0.494. The van der Waals surface area contributed by atoms with Crippen LogP contribution in [0.15, 0.2) is 0 Å². The Hall–Kier alpha value is -0.640. The molecule has 0 unspecified atom stereocenters. The standard InChI is InChI=1S/C7H13FN2O.2H2/c1-5(2)10-6(11)7(8)3-9-4-7;;/h5,9H,3-4H2,1-2H3,(H,10,11);2*1H. The molecular weight excluding hydrogens is 147 g/mol. The first-order valence-electron chi connectivity index (χ1n) is 3.75. The van der Waals surface area contributed by atoms with E-state index in [0.717, 1.165) is 0 Å². The maximum absolute atomic E-state index is 13.2. The van der Waals surface area contributed by atoms with Crippen LogP contribution in [0.4, 0.5) is 4.39 Å². The summed E-state index contributed by atoms with van der Waals surface area (Å²) in [5.41, 5.74) is -1.65. The van der Waals surface area contributed by atoms with Gasteiger partial charge in [0, 0.05) is 22.0 Å². The number of rotatable bonds is 2. The van der Waals surface area contributed by atoms with Crippen LogP contribution in [0, 0.1) is 0 Å². The fourth-order valence-electron chi connectivity index (χ4n) is 0.897. The molecule has 0 spiro atoms. The predicted octanol–water partition coefficient (Wildman–Crippen LogP) is 0.314. The minimum atomic E-state index is -1.65. The summed E-state index contributed by atoms with van der Waals surface area (Å²) in [4.78, 5) is 11.0. The topological polar surface area (TPSA) is 41.1 Å². The Bertz CT molecular complexity index is 174. The van der Waals surface area contributed by atoms with Crippen molar-refractivity contribution in [3.05, 3.63) is 0 Å². The largest absolute Gasteiger partial charge is 0.351 e. The fourth-order valence-corrected chi connectivity index (χ4v) is 0.897. The highest BCUT2D eigenvalue weighted by molar-refractivity contribution is 5.86. The van der Waals surface area contributed by atoms with Crippen molar-refractivity contribution in [2.75, 3.05) is 13.1 Å². The quantitative estimate of drug-likeness (QED) is 0.617. The molecule has 0 saturated carbocycles. The molecule has 2 N–H and O–H groups in total. The first kappa shape index (κ1) is 8.46. The predicted molar refractivity (Wildman–Crippen MR) is 44.2 cm³/mol. The lowest BCUT2D eigenvalue weighted by atomic mass is 9.98. The first-order valence-corrected chi connectivity index (χ1v) is 3.75. The van der Waals surface area contributed by atoms with Gasteiger partial charge in [0.05, 0.1) is 0 Å². The Kier molecular flexibility index (Phi) is 2.13. The second-order valence-corrected chi connectivity index (χ2v) is 3.20. The third kappa shape index (κ3) is 1.68.